The Bertz CT molecular complexity index is 421. The summed E-state index contributed by atoms with van der Waals surface area (Å²) in [5.74, 6) is -0.573. The third-order valence-corrected chi connectivity index (χ3v) is 2.87. The predicted molar refractivity (Wildman–Crippen MR) is 66.4 cm³/mol. The highest BCUT2D eigenvalue weighted by Crippen LogP contribution is 2.14. The lowest BCUT2D eigenvalue weighted by molar-refractivity contribution is -0.126. The van der Waals surface area contributed by atoms with Crippen LogP contribution in [0.15, 0.2) is 18.2 Å². The molecule has 3 nitrogen and oxygen atoms in total. The molecule has 0 unspecified atom stereocenters. The number of hydrogen-bond acceptors (Lipinski definition) is 2. The van der Waals surface area contributed by atoms with E-state index in [4.69, 9.17) is 11.6 Å². The third kappa shape index (κ3) is 3.68. The van der Waals surface area contributed by atoms with Crippen LogP contribution in [0.5, 0.6) is 0 Å². The van der Waals surface area contributed by atoms with Gasteiger partial charge >= 0.3 is 0 Å². The second-order valence-corrected chi connectivity index (χ2v) is 4.73. The number of nitrogens with one attached hydrogen (secondary N) is 2. The minimum absolute atomic E-state index is 0.121. The summed E-state index contributed by atoms with van der Waals surface area (Å²) in [5, 5.41) is 5.98. The maximum Gasteiger partial charge on any atom is 0.239 e. The average molecular weight is 259 g/mol. The largest absolute Gasteiger partial charge is 0.350 e. The first-order valence-electron chi connectivity index (χ1n) is 5.28. The van der Waals surface area contributed by atoms with Gasteiger partial charge in [0.2, 0.25) is 5.91 Å². The quantitative estimate of drug-likeness (QED) is 0.868. The van der Waals surface area contributed by atoms with Crippen molar-refractivity contribution in [3.05, 3.63) is 34.6 Å². The van der Waals surface area contributed by atoms with Crippen LogP contribution in [0.1, 0.15) is 19.4 Å². The highest BCUT2D eigenvalue weighted by molar-refractivity contribution is 6.30. The highest BCUT2D eigenvalue weighted by Gasteiger charge is 2.24. The molecule has 94 valence electrons. The fraction of sp³-hybridized carbons (Fsp3) is 0.417. The maximum absolute atomic E-state index is 13.4. The predicted octanol–water partition coefficient (Wildman–Crippen LogP) is 2.09. The van der Waals surface area contributed by atoms with Crippen molar-refractivity contribution in [3.63, 3.8) is 0 Å². The number of rotatable bonds is 4. The van der Waals surface area contributed by atoms with Gasteiger partial charge in [0.15, 0.2) is 0 Å². The van der Waals surface area contributed by atoms with E-state index in [0.717, 1.165) is 0 Å². The van der Waals surface area contributed by atoms with Crippen LogP contribution in [-0.2, 0) is 11.3 Å². The average Bonchev–Trinajstić information content (AvgIpc) is 2.29. The Morgan fingerprint density at radius 3 is 2.71 bits per heavy atom. The van der Waals surface area contributed by atoms with Crippen LogP contribution in [0.2, 0.25) is 5.02 Å². The van der Waals surface area contributed by atoms with E-state index < -0.39 is 5.54 Å². The van der Waals surface area contributed by atoms with E-state index in [1.165, 1.54) is 18.2 Å². The monoisotopic (exact) mass is 258 g/mol. The van der Waals surface area contributed by atoms with Crippen molar-refractivity contribution >= 4 is 17.5 Å². The van der Waals surface area contributed by atoms with E-state index in [-0.39, 0.29) is 18.3 Å². The summed E-state index contributed by atoms with van der Waals surface area (Å²) in [7, 11) is 1.69. The van der Waals surface area contributed by atoms with Gasteiger partial charge in [-0.3, -0.25) is 4.79 Å². The normalized spacial score (nSPS) is 11.4. The zero-order valence-electron chi connectivity index (χ0n) is 10.1. The Kier molecular flexibility index (Phi) is 4.48. The molecule has 1 aromatic carbocycles. The molecular weight excluding hydrogens is 243 g/mol. The van der Waals surface area contributed by atoms with Crippen LogP contribution in [0.3, 0.4) is 0 Å². The van der Waals surface area contributed by atoms with E-state index in [9.17, 15) is 9.18 Å². The van der Waals surface area contributed by atoms with Crippen LogP contribution < -0.4 is 10.6 Å². The second kappa shape index (κ2) is 5.47. The zero-order valence-corrected chi connectivity index (χ0v) is 10.9. The molecule has 0 heterocycles. The number of likely N-dealkylation sites (N-methyl/N-ethyl adjacent to an activating group) is 1. The Balaban J connectivity index is 2.68. The van der Waals surface area contributed by atoms with Gasteiger partial charge in [0.25, 0.3) is 0 Å². The molecular formula is C12H16ClFN2O. The molecule has 0 bridgehead atoms. The number of benzene rings is 1. The molecule has 0 fully saturated rings. The number of amides is 1. The van der Waals surface area contributed by atoms with Gasteiger partial charge in [0.1, 0.15) is 5.82 Å². The van der Waals surface area contributed by atoms with Gasteiger partial charge in [0, 0.05) is 17.1 Å². The Morgan fingerprint density at radius 1 is 1.47 bits per heavy atom. The van der Waals surface area contributed by atoms with Crippen LogP contribution in [0.25, 0.3) is 0 Å². The lowest BCUT2D eigenvalue weighted by atomic mass is 10.1. The van der Waals surface area contributed by atoms with E-state index in [2.05, 4.69) is 10.6 Å². The SMILES string of the molecule is CNC(C)(C)C(=O)NCc1cc(Cl)ccc1F. The molecule has 2 N–H and O–H groups in total. The van der Waals surface area contributed by atoms with Crippen molar-refractivity contribution in [1.82, 2.24) is 10.6 Å². The molecule has 0 aliphatic rings. The van der Waals surface area contributed by atoms with Crippen molar-refractivity contribution in [2.45, 2.75) is 25.9 Å². The summed E-state index contributed by atoms with van der Waals surface area (Å²) in [6.45, 7) is 3.61. The number of carbonyl (C=O) groups excluding carboxylic acids is 1. The minimum atomic E-state index is -0.685. The molecule has 1 amide bonds. The first-order chi connectivity index (χ1) is 7.86. The maximum atomic E-state index is 13.4. The number of hydrogen-bond donors (Lipinski definition) is 2. The lowest BCUT2D eigenvalue weighted by Crippen LogP contribution is -2.50. The lowest BCUT2D eigenvalue weighted by Gasteiger charge is -2.22. The molecule has 1 aromatic rings. The number of halogens is 2. The van der Waals surface area contributed by atoms with E-state index in [1.54, 1.807) is 20.9 Å². The summed E-state index contributed by atoms with van der Waals surface area (Å²) in [5.41, 5.74) is -0.313. The molecule has 0 saturated heterocycles. The van der Waals surface area contributed by atoms with Gasteiger partial charge in [-0.15, -0.1) is 0 Å². The van der Waals surface area contributed by atoms with Crippen LogP contribution in [-0.4, -0.2) is 18.5 Å². The molecule has 0 atom stereocenters. The first-order valence-corrected chi connectivity index (χ1v) is 5.66. The van der Waals surface area contributed by atoms with E-state index >= 15 is 0 Å². The molecule has 0 radical (unpaired) electrons. The zero-order chi connectivity index (χ0) is 13.1. The van der Waals surface area contributed by atoms with Crippen molar-refractivity contribution in [3.8, 4) is 0 Å². The standard InChI is InChI=1S/C12H16ClFN2O/c1-12(2,15-3)11(17)16-7-8-6-9(13)4-5-10(8)14/h4-6,15H,7H2,1-3H3,(H,16,17). The number of carbonyl (C=O) groups is 1. The van der Waals surface area contributed by atoms with Crippen molar-refractivity contribution in [1.29, 1.82) is 0 Å². The summed E-state index contributed by atoms with van der Waals surface area (Å²) < 4.78 is 13.4. The Hall–Kier alpha value is -1.13. The van der Waals surface area contributed by atoms with Gasteiger partial charge in [0.05, 0.1) is 5.54 Å². The smallest absolute Gasteiger partial charge is 0.239 e. The minimum Gasteiger partial charge on any atom is -0.350 e. The molecule has 0 aliphatic carbocycles. The van der Waals surface area contributed by atoms with Crippen LogP contribution in [0, 0.1) is 5.82 Å². The van der Waals surface area contributed by atoms with Crippen molar-refractivity contribution in [2.75, 3.05) is 7.05 Å². The topological polar surface area (TPSA) is 41.1 Å². The third-order valence-electron chi connectivity index (χ3n) is 2.64. The van der Waals surface area contributed by atoms with Gasteiger partial charge < -0.3 is 10.6 Å². The second-order valence-electron chi connectivity index (χ2n) is 4.29. The molecule has 0 aromatic heterocycles. The molecule has 1 rings (SSSR count). The van der Waals surface area contributed by atoms with Gasteiger partial charge in [-0.2, -0.15) is 0 Å². The molecule has 5 heteroatoms. The van der Waals surface area contributed by atoms with Crippen molar-refractivity contribution in [2.24, 2.45) is 0 Å². The first kappa shape index (κ1) is 13.9. The fourth-order valence-electron chi connectivity index (χ4n) is 1.19. The molecule has 17 heavy (non-hydrogen) atoms. The summed E-state index contributed by atoms with van der Waals surface area (Å²) in [6.07, 6.45) is 0. The van der Waals surface area contributed by atoms with Crippen LogP contribution >= 0.6 is 11.6 Å². The highest BCUT2D eigenvalue weighted by atomic mass is 35.5. The van der Waals surface area contributed by atoms with E-state index in [1.807, 2.05) is 0 Å². The van der Waals surface area contributed by atoms with E-state index in [0.29, 0.717) is 10.6 Å². The van der Waals surface area contributed by atoms with Crippen molar-refractivity contribution < 1.29 is 9.18 Å². The molecule has 0 aliphatic heterocycles. The summed E-state index contributed by atoms with van der Waals surface area (Å²) in [4.78, 5) is 11.7. The Labute approximate surface area is 105 Å². The fourth-order valence-corrected chi connectivity index (χ4v) is 1.38. The van der Waals surface area contributed by atoms with Crippen LogP contribution in [0.4, 0.5) is 4.39 Å². The molecule has 0 spiro atoms. The molecule has 0 saturated carbocycles. The summed E-state index contributed by atoms with van der Waals surface area (Å²) >= 11 is 5.76. The van der Waals surface area contributed by atoms with Gasteiger partial charge in [-0.05, 0) is 39.1 Å². The Morgan fingerprint density at radius 2 is 2.12 bits per heavy atom. The van der Waals surface area contributed by atoms with Gasteiger partial charge in [-0.1, -0.05) is 11.6 Å². The summed E-state index contributed by atoms with van der Waals surface area (Å²) in [6, 6.07) is 4.26. The van der Waals surface area contributed by atoms with Gasteiger partial charge in [-0.25, -0.2) is 4.39 Å².